The van der Waals surface area contributed by atoms with Gasteiger partial charge in [0.1, 0.15) is 0 Å². The number of ether oxygens (including phenoxy) is 2. The van der Waals surface area contributed by atoms with Gasteiger partial charge in [0, 0.05) is 36.5 Å². The third-order valence-corrected chi connectivity index (χ3v) is 31.2. The van der Waals surface area contributed by atoms with Gasteiger partial charge in [0.15, 0.2) is 33.3 Å². The minimum absolute atomic E-state index is 0.149. The van der Waals surface area contributed by atoms with Crippen LogP contribution in [0.15, 0.2) is 96.1 Å². The Balaban J connectivity index is 0.000000182. The molecule has 0 unspecified atom stereocenters. The summed E-state index contributed by atoms with van der Waals surface area (Å²) in [6, 6.07) is 21.8. The molecule has 10 heteroatoms. The van der Waals surface area contributed by atoms with Crippen molar-refractivity contribution >= 4 is 45.4 Å². The van der Waals surface area contributed by atoms with Gasteiger partial charge >= 0.3 is 0 Å². The molecule has 6 fully saturated rings. The van der Waals surface area contributed by atoms with Crippen LogP contribution >= 0.6 is 0 Å². The van der Waals surface area contributed by atoms with Crippen LogP contribution in [0, 0.1) is 35.5 Å². The summed E-state index contributed by atoms with van der Waals surface area (Å²) in [7, 11) is -7.63. The molecule has 2 aromatic rings. The predicted octanol–water partition coefficient (Wildman–Crippen LogP) is 17.2. The van der Waals surface area contributed by atoms with Crippen molar-refractivity contribution in [3.05, 3.63) is 107 Å². The van der Waals surface area contributed by atoms with Crippen molar-refractivity contribution in [1.29, 1.82) is 0 Å². The molecule has 4 bridgehead atoms. The third kappa shape index (κ3) is 10.3. The highest BCUT2D eigenvalue weighted by molar-refractivity contribution is 6.74. The molecule has 4 aliphatic heterocycles. The quantitative estimate of drug-likeness (QED) is 0.156. The SMILES string of the molecule is C[C@@H]1C[C@H]2[C@@]34CCC=C[C@@H]3C[C@@](CO[Si](C)(C)C(C)(C)C)(C[C@]2(O[Si](C)(C)C)/C1=C\c1ccccc1)O4.C[C@H]1C[C@@H]2[C@]34CCC=C[C@H]3C[C@](CO[Si](C)(C)C(C)(C)C)(C[C@@]2(O[Si](C)(C)C)/C1=C\c1ccccc1)O4. The van der Waals surface area contributed by atoms with E-state index >= 15 is 0 Å². The first-order valence-electron chi connectivity index (χ1n) is 29.2. The smallest absolute Gasteiger partial charge is 0.192 e. The Morgan fingerprint density at radius 2 is 0.892 bits per heavy atom. The molecule has 10 rings (SSSR count). The van der Waals surface area contributed by atoms with Crippen molar-refractivity contribution in [2.24, 2.45) is 35.5 Å². The lowest BCUT2D eigenvalue weighted by atomic mass is 9.66. The minimum Gasteiger partial charge on any atom is -0.414 e. The Morgan fingerprint density at radius 3 is 1.22 bits per heavy atom. The summed E-state index contributed by atoms with van der Waals surface area (Å²) < 4.78 is 43.9. The van der Waals surface area contributed by atoms with Crippen molar-refractivity contribution < 1.29 is 27.2 Å². The van der Waals surface area contributed by atoms with Gasteiger partial charge in [0.25, 0.3) is 0 Å². The van der Waals surface area contributed by atoms with E-state index in [0.29, 0.717) is 48.7 Å². The van der Waals surface area contributed by atoms with Crippen molar-refractivity contribution in [2.75, 3.05) is 13.2 Å². The molecular weight excluding hydrogens is 977 g/mol. The van der Waals surface area contributed by atoms with E-state index in [-0.39, 0.29) is 43.7 Å². The van der Waals surface area contributed by atoms with Gasteiger partial charge < -0.3 is 27.2 Å². The maximum atomic E-state index is 7.52. The molecule has 0 N–H and O–H groups in total. The number of fused-ring (bicyclic) bond motifs is 4. The fraction of sp³-hybridized carbons (Fsp3) is 0.688. The van der Waals surface area contributed by atoms with E-state index in [9.17, 15) is 0 Å². The number of benzene rings is 2. The zero-order valence-corrected chi connectivity index (χ0v) is 53.6. The number of rotatable bonds is 12. The van der Waals surface area contributed by atoms with E-state index in [0.717, 1.165) is 64.2 Å². The maximum Gasteiger partial charge on any atom is 0.192 e. The Labute approximate surface area is 454 Å². The highest BCUT2D eigenvalue weighted by Crippen LogP contribution is 2.71. The zero-order chi connectivity index (χ0) is 53.8. The molecule has 408 valence electrons. The molecule has 0 radical (unpaired) electrons. The zero-order valence-electron chi connectivity index (χ0n) is 49.6. The Morgan fingerprint density at radius 1 is 0.541 bits per heavy atom. The first-order chi connectivity index (χ1) is 34.2. The normalized spacial score (nSPS) is 38.6. The van der Waals surface area contributed by atoms with Gasteiger partial charge in [0.2, 0.25) is 0 Å². The first-order valence-corrected chi connectivity index (χ1v) is 41.8. The molecule has 2 aromatic carbocycles. The second kappa shape index (κ2) is 19.4. The largest absolute Gasteiger partial charge is 0.414 e. The second-order valence-corrected chi connectivity index (χ2v) is 48.6. The lowest BCUT2D eigenvalue weighted by Crippen LogP contribution is -2.64. The van der Waals surface area contributed by atoms with Crippen LogP contribution in [0.2, 0.25) is 75.5 Å². The summed E-state index contributed by atoms with van der Waals surface area (Å²) in [6.07, 6.45) is 25.4. The van der Waals surface area contributed by atoms with E-state index < -0.39 is 33.3 Å². The monoisotopic (exact) mass is 1080 g/mol. The molecule has 0 aromatic heterocycles. The van der Waals surface area contributed by atoms with Crippen molar-refractivity contribution in [2.45, 2.75) is 229 Å². The van der Waals surface area contributed by atoms with Crippen molar-refractivity contribution in [3.8, 4) is 0 Å². The van der Waals surface area contributed by atoms with E-state index in [2.05, 4.69) is 218 Å². The number of hydrogen-bond acceptors (Lipinski definition) is 6. The van der Waals surface area contributed by atoms with Gasteiger partial charge in [-0.1, -0.05) is 153 Å². The number of hydrogen-bond donors (Lipinski definition) is 0. The molecule has 2 spiro atoms. The molecule has 12 atom stereocenters. The van der Waals surface area contributed by atoms with Gasteiger partial charge in [0.05, 0.1) is 46.8 Å². The van der Waals surface area contributed by atoms with Gasteiger partial charge in [-0.2, -0.15) is 0 Å². The van der Waals surface area contributed by atoms with Crippen molar-refractivity contribution in [3.63, 3.8) is 0 Å². The summed E-state index contributed by atoms with van der Waals surface area (Å²) >= 11 is 0. The lowest BCUT2D eigenvalue weighted by Gasteiger charge is -2.57. The van der Waals surface area contributed by atoms with Crippen LogP contribution in [0.5, 0.6) is 0 Å². The average molecular weight is 1080 g/mol. The summed E-state index contributed by atoms with van der Waals surface area (Å²) in [5.74, 6) is 2.62. The molecule has 4 aliphatic carbocycles. The van der Waals surface area contributed by atoms with E-state index in [1.807, 2.05) is 0 Å². The van der Waals surface area contributed by atoms with Crippen LogP contribution in [0.25, 0.3) is 12.2 Å². The Kier molecular flexibility index (Phi) is 14.9. The van der Waals surface area contributed by atoms with Gasteiger partial charge in [-0.15, -0.1) is 0 Å². The van der Waals surface area contributed by atoms with Crippen molar-refractivity contribution in [1.82, 2.24) is 0 Å². The molecule has 0 amide bonds. The number of allylic oxidation sites excluding steroid dienone is 2. The topological polar surface area (TPSA) is 55.4 Å². The molecule has 4 saturated heterocycles. The fourth-order valence-corrected chi connectivity index (χ4v) is 20.4. The van der Waals surface area contributed by atoms with E-state index in [1.165, 1.54) is 22.3 Å². The van der Waals surface area contributed by atoms with Crippen LogP contribution in [-0.2, 0) is 27.2 Å². The standard InChI is InChI=1S/2C32H50O3Si2/c2*1-24-19-28-31-18-14-13-17-26(31)21-30(34-31,23-33-37(8,9)29(2,3)4)22-32(28,35-36(5,6)7)27(24)20-25-15-11-10-12-16-25/h2*10-13,15-17,20,24,26,28H,14,18-19,21-23H2,1-9H3/b2*27-20-/t2*24-,26-,28+,30+,31-,32+/m10/s1. The van der Waals surface area contributed by atoms with Crippen LogP contribution in [0.4, 0.5) is 0 Å². The van der Waals surface area contributed by atoms with E-state index in [4.69, 9.17) is 27.2 Å². The molecule has 2 saturated carbocycles. The fourth-order valence-electron chi connectivity index (χ4n) is 15.4. The highest BCUT2D eigenvalue weighted by Gasteiger charge is 2.75. The Hall–Kier alpha value is -1.97. The highest BCUT2D eigenvalue weighted by atomic mass is 28.4. The van der Waals surface area contributed by atoms with Crippen LogP contribution in [-0.4, -0.2) is 80.1 Å². The summed E-state index contributed by atoms with van der Waals surface area (Å²) in [4.78, 5) is 0. The minimum atomic E-state index is -1.93. The molecule has 6 nitrogen and oxygen atoms in total. The predicted molar refractivity (Wildman–Crippen MR) is 319 cm³/mol. The molecular formula is C64H100O6Si4. The van der Waals surface area contributed by atoms with Crippen LogP contribution < -0.4 is 0 Å². The first kappa shape index (κ1) is 56.7. The van der Waals surface area contributed by atoms with Gasteiger partial charge in [-0.05, 0) is 161 Å². The Bertz CT molecular complexity index is 2300. The van der Waals surface area contributed by atoms with E-state index in [1.54, 1.807) is 0 Å². The second-order valence-electron chi connectivity index (χ2n) is 30.1. The summed E-state index contributed by atoms with van der Waals surface area (Å²) in [5.41, 5.74) is 4.10. The average Bonchev–Trinajstić information content (AvgIpc) is 3.94. The summed E-state index contributed by atoms with van der Waals surface area (Å²) in [6.45, 7) is 44.0. The molecule has 74 heavy (non-hydrogen) atoms. The van der Waals surface area contributed by atoms with Gasteiger partial charge in [-0.3, -0.25) is 0 Å². The van der Waals surface area contributed by atoms with Crippen LogP contribution in [0.3, 0.4) is 0 Å². The molecule has 4 heterocycles. The lowest BCUT2D eigenvalue weighted by molar-refractivity contribution is -0.237. The van der Waals surface area contributed by atoms with Gasteiger partial charge in [-0.25, -0.2) is 0 Å². The molecule has 8 aliphatic rings. The van der Waals surface area contributed by atoms with Crippen LogP contribution in [0.1, 0.15) is 131 Å². The third-order valence-electron chi connectivity index (χ3n) is 20.3. The summed E-state index contributed by atoms with van der Waals surface area (Å²) in [5, 5.41) is 0.354. The maximum absolute atomic E-state index is 7.52.